The summed E-state index contributed by atoms with van der Waals surface area (Å²) in [6.07, 6.45) is 1.14. The Labute approximate surface area is 234 Å². The molecular formula is C31H27ClN2O6. The van der Waals surface area contributed by atoms with E-state index in [1.54, 1.807) is 33.0 Å². The Morgan fingerprint density at radius 2 is 1.73 bits per heavy atom. The van der Waals surface area contributed by atoms with Gasteiger partial charge in [0, 0.05) is 41.0 Å². The van der Waals surface area contributed by atoms with Crippen LogP contribution in [0.4, 0.5) is 4.79 Å². The molecule has 3 aromatic carbocycles. The molecule has 2 aromatic heterocycles. The van der Waals surface area contributed by atoms with Crippen molar-refractivity contribution >= 4 is 45.5 Å². The number of rotatable bonds is 6. The first-order valence-electron chi connectivity index (χ1n) is 12.7. The Balaban J connectivity index is 1.47. The van der Waals surface area contributed by atoms with Gasteiger partial charge in [-0.2, -0.15) is 0 Å². The molecule has 0 spiro atoms. The van der Waals surface area contributed by atoms with Gasteiger partial charge in [-0.3, -0.25) is 0 Å². The van der Waals surface area contributed by atoms with E-state index in [4.69, 9.17) is 25.5 Å². The lowest BCUT2D eigenvalue weighted by Crippen LogP contribution is -2.46. The molecule has 0 bridgehead atoms. The Hall–Kier alpha value is -4.56. The SMILES string of the molecule is CC(C)(C)OC(=O)NC(Cc1c[nH]c2ccccc12)C(=O)Oc1cc2oc(=O)cc(-c3ccccc3)c2cc1Cl. The molecule has 5 rings (SSSR count). The Morgan fingerprint density at radius 1 is 1.00 bits per heavy atom. The molecule has 40 heavy (non-hydrogen) atoms. The molecule has 0 aliphatic heterocycles. The molecule has 1 amide bonds. The number of para-hydroxylation sites is 1. The van der Waals surface area contributed by atoms with E-state index in [1.165, 1.54) is 12.1 Å². The van der Waals surface area contributed by atoms with Gasteiger partial charge in [0.15, 0.2) is 5.75 Å². The van der Waals surface area contributed by atoms with Gasteiger partial charge in [-0.15, -0.1) is 0 Å². The minimum Gasteiger partial charge on any atom is -0.444 e. The van der Waals surface area contributed by atoms with Crippen LogP contribution in [0.2, 0.25) is 5.02 Å². The number of aromatic amines is 1. The van der Waals surface area contributed by atoms with E-state index in [-0.39, 0.29) is 22.8 Å². The van der Waals surface area contributed by atoms with Crippen LogP contribution in [-0.4, -0.2) is 28.7 Å². The molecule has 1 unspecified atom stereocenters. The van der Waals surface area contributed by atoms with Crippen LogP contribution in [0.3, 0.4) is 0 Å². The average molecular weight is 559 g/mol. The second-order valence-corrected chi connectivity index (χ2v) is 10.7. The normalized spacial score (nSPS) is 12.3. The lowest BCUT2D eigenvalue weighted by atomic mass is 10.0. The number of H-pyrrole nitrogens is 1. The molecule has 0 saturated carbocycles. The van der Waals surface area contributed by atoms with E-state index in [9.17, 15) is 14.4 Å². The fourth-order valence-corrected chi connectivity index (χ4v) is 4.64. The molecule has 2 heterocycles. The van der Waals surface area contributed by atoms with Gasteiger partial charge in [0.2, 0.25) is 0 Å². The van der Waals surface area contributed by atoms with Crippen LogP contribution in [0, 0.1) is 0 Å². The third-order valence-electron chi connectivity index (χ3n) is 6.17. The summed E-state index contributed by atoms with van der Waals surface area (Å²) < 4.78 is 16.5. The van der Waals surface area contributed by atoms with E-state index in [0.29, 0.717) is 10.9 Å². The van der Waals surface area contributed by atoms with Crippen molar-refractivity contribution < 1.29 is 23.5 Å². The number of hydrogen-bond donors (Lipinski definition) is 2. The summed E-state index contributed by atoms with van der Waals surface area (Å²) in [6.45, 7) is 5.18. The maximum atomic E-state index is 13.5. The number of ether oxygens (including phenoxy) is 2. The van der Waals surface area contributed by atoms with Gasteiger partial charge in [0.05, 0.1) is 5.02 Å². The standard InChI is InChI=1S/C31H27ClN2O6/c1-31(2,3)40-30(37)34-25(13-19-17-33-24-12-8-7-11-20(19)24)29(36)39-27-16-26-22(14-23(27)32)21(15-28(35)38-26)18-9-5-4-6-10-18/h4-12,14-17,25,33H,13H2,1-3H3,(H,34,37). The van der Waals surface area contributed by atoms with Crippen molar-refractivity contribution in [2.75, 3.05) is 0 Å². The number of amides is 1. The highest BCUT2D eigenvalue weighted by atomic mass is 35.5. The van der Waals surface area contributed by atoms with Crippen LogP contribution in [0.15, 0.2) is 88.2 Å². The molecule has 204 valence electrons. The number of hydrogen-bond acceptors (Lipinski definition) is 6. The smallest absolute Gasteiger partial charge is 0.408 e. The molecule has 5 aromatic rings. The predicted octanol–water partition coefficient (Wildman–Crippen LogP) is 6.64. The van der Waals surface area contributed by atoms with Crippen molar-refractivity contribution in [3.8, 4) is 16.9 Å². The zero-order valence-corrected chi connectivity index (χ0v) is 22.9. The zero-order valence-electron chi connectivity index (χ0n) is 22.1. The van der Waals surface area contributed by atoms with E-state index in [0.717, 1.165) is 22.0 Å². The van der Waals surface area contributed by atoms with Gasteiger partial charge < -0.3 is 24.2 Å². The second kappa shape index (κ2) is 10.9. The van der Waals surface area contributed by atoms with Gasteiger partial charge in [-0.05, 0) is 49.6 Å². The van der Waals surface area contributed by atoms with Crippen molar-refractivity contribution in [2.45, 2.75) is 38.8 Å². The quantitative estimate of drug-likeness (QED) is 0.137. The van der Waals surface area contributed by atoms with E-state index < -0.39 is 29.3 Å². The lowest BCUT2D eigenvalue weighted by Gasteiger charge is -2.23. The first-order valence-corrected chi connectivity index (χ1v) is 13.0. The highest BCUT2D eigenvalue weighted by molar-refractivity contribution is 6.33. The number of carbonyl (C=O) groups excluding carboxylic acids is 2. The monoisotopic (exact) mass is 558 g/mol. The highest BCUT2D eigenvalue weighted by Crippen LogP contribution is 2.35. The number of alkyl carbamates (subject to hydrolysis) is 1. The van der Waals surface area contributed by atoms with Gasteiger partial charge in [0.25, 0.3) is 0 Å². The van der Waals surface area contributed by atoms with Crippen molar-refractivity contribution in [2.24, 2.45) is 0 Å². The predicted molar refractivity (Wildman–Crippen MR) is 154 cm³/mol. The van der Waals surface area contributed by atoms with Crippen LogP contribution in [0.5, 0.6) is 5.75 Å². The van der Waals surface area contributed by atoms with E-state index >= 15 is 0 Å². The Morgan fingerprint density at radius 3 is 2.48 bits per heavy atom. The summed E-state index contributed by atoms with van der Waals surface area (Å²) in [7, 11) is 0. The summed E-state index contributed by atoms with van der Waals surface area (Å²) in [6, 6.07) is 20.2. The first-order chi connectivity index (χ1) is 19.1. The molecule has 8 nitrogen and oxygen atoms in total. The largest absolute Gasteiger partial charge is 0.444 e. The Bertz CT molecular complexity index is 1770. The number of benzene rings is 3. The molecule has 1 atom stereocenters. The number of carbonyl (C=O) groups is 2. The minimum absolute atomic E-state index is 0.0116. The van der Waals surface area contributed by atoms with Gasteiger partial charge in [-0.25, -0.2) is 14.4 Å². The number of fused-ring (bicyclic) bond motifs is 2. The molecule has 0 radical (unpaired) electrons. The zero-order chi connectivity index (χ0) is 28.4. The molecule has 2 N–H and O–H groups in total. The van der Waals surface area contributed by atoms with Crippen LogP contribution in [-0.2, 0) is 16.0 Å². The summed E-state index contributed by atoms with van der Waals surface area (Å²) in [5.41, 5.74) is 2.01. The van der Waals surface area contributed by atoms with E-state index in [1.807, 2.05) is 54.6 Å². The molecule has 0 fully saturated rings. The third kappa shape index (κ3) is 6.02. The summed E-state index contributed by atoms with van der Waals surface area (Å²) >= 11 is 6.55. The van der Waals surface area contributed by atoms with Crippen molar-refractivity contribution in [1.29, 1.82) is 0 Å². The van der Waals surface area contributed by atoms with Gasteiger partial charge in [0.1, 0.15) is 17.2 Å². The summed E-state index contributed by atoms with van der Waals surface area (Å²) in [5, 5.41) is 4.25. The van der Waals surface area contributed by atoms with Gasteiger partial charge >= 0.3 is 17.7 Å². The molecule has 0 saturated heterocycles. The number of aromatic nitrogens is 1. The van der Waals surface area contributed by atoms with Crippen molar-refractivity contribution in [3.05, 3.63) is 100.0 Å². The number of halogens is 1. The summed E-state index contributed by atoms with van der Waals surface area (Å²) in [5.74, 6) is -0.776. The second-order valence-electron chi connectivity index (χ2n) is 10.3. The highest BCUT2D eigenvalue weighted by Gasteiger charge is 2.28. The number of nitrogens with one attached hydrogen (secondary N) is 2. The maximum absolute atomic E-state index is 13.5. The summed E-state index contributed by atoms with van der Waals surface area (Å²) in [4.78, 5) is 41.6. The number of esters is 1. The molecule has 0 aliphatic rings. The van der Waals surface area contributed by atoms with Crippen LogP contribution in [0.1, 0.15) is 26.3 Å². The van der Waals surface area contributed by atoms with Crippen molar-refractivity contribution in [1.82, 2.24) is 10.3 Å². The molecular weight excluding hydrogens is 532 g/mol. The van der Waals surface area contributed by atoms with Crippen LogP contribution >= 0.6 is 11.6 Å². The molecule has 0 aliphatic carbocycles. The third-order valence-corrected chi connectivity index (χ3v) is 6.46. The fraction of sp³-hybridized carbons (Fsp3) is 0.194. The van der Waals surface area contributed by atoms with E-state index in [2.05, 4.69) is 10.3 Å². The lowest BCUT2D eigenvalue weighted by molar-refractivity contribution is -0.136. The Kier molecular flexibility index (Phi) is 7.36. The maximum Gasteiger partial charge on any atom is 0.408 e. The first kappa shape index (κ1) is 27.0. The molecule has 9 heteroatoms. The van der Waals surface area contributed by atoms with Crippen LogP contribution in [0.25, 0.3) is 33.0 Å². The van der Waals surface area contributed by atoms with Crippen molar-refractivity contribution in [3.63, 3.8) is 0 Å². The van der Waals surface area contributed by atoms with Gasteiger partial charge in [-0.1, -0.05) is 60.1 Å². The fourth-order valence-electron chi connectivity index (χ4n) is 4.44. The minimum atomic E-state index is -1.11. The topological polar surface area (TPSA) is 111 Å². The average Bonchev–Trinajstić information content (AvgIpc) is 3.31. The van der Waals surface area contributed by atoms with Crippen LogP contribution < -0.4 is 15.7 Å².